The molecule has 2 aromatic rings. The molecule has 0 atom stereocenters. The first-order chi connectivity index (χ1) is 11.9. The van der Waals surface area contributed by atoms with Crippen LogP contribution >= 0.6 is 0 Å². The van der Waals surface area contributed by atoms with Crippen molar-refractivity contribution in [3.8, 4) is 0 Å². The van der Waals surface area contributed by atoms with Gasteiger partial charge < -0.3 is 14.4 Å². The highest BCUT2D eigenvalue weighted by molar-refractivity contribution is 7.89. The predicted octanol–water partition coefficient (Wildman–Crippen LogP) is 0.896. The molecule has 0 aliphatic carbocycles. The van der Waals surface area contributed by atoms with Crippen LogP contribution in [0.2, 0.25) is 0 Å². The second kappa shape index (κ2) is 6.89. The van der Waals surface area contributed by atoms with E-state index in [9.17, 15) is 13.2 Å². The summed E-state index contributed by atoms with van der Waals surface area (Å²) >= 11 is 0. The zero-order valence-corrected chi connectivity index (χ0v) is 15.2. The minimum absolute atomic E-state index is 0.101. The first kappa shape index (κ1) is 17.5. The lowest BCUT2D eigenvalue weighted by molar-refractivity contribution is 0.0737. The molecule has 25 heavy (non-hydrogen) atoms. The Bertz CT molecular complexity index is 853. The van der Waals surface area contributed by atoms with Crippen molar-refractivity contribution in [1.29, 1.82) is 0 Å². The number of aromatic nitrogens is 1. The van der Waals surface area contributed by atoms with Gasteiger partial charge in [-0.25, -0.2) is 13.1 Å². The normalized spacial score (nSPS) is 15.4. The lowest BCUT2D eigenvalue weighted by atomic mass is 10.2. The van der Waals surface area contributed by atoms with E-state index in [0.717, 1.165) is 18.8 Å². The molecule has 134 valence electrons. The van der Waals surface area contributed by atoms with E-state index in [1.54, 1.807) is 16.5 Å². The van der Waals surface area contributed by atoms with Crippen LogP contribution in [0, 0.1) is 0 Å². The van der Waals surface area contributed by atoms with Crippen molar-refractivity contribution in [2.45, 2.75) is 4.90 Å². The van der Waals surface area contributed by atoms with Gasteiger partial charge in [0, 0.05) is 45.1 Å². The van der Waals surface area contributed by atoms with E-state index < -0.39 is 10.0 Å². The molecule has 1 N–H and O–H groups in total. The summed E-state index contributed by atoms with van der Waals surface area (Å²) in [6, 6.07) is 11.5. The van der Waals surface area contributed by atoms with E-state index in [0.29, 0.717) is 18.8 Å². The molecule has 1 fully saturated rings. The van der Waals surface area contributed by atoms with Gasteiger partial charge in [-0.15, -0.1) is 0 Å². The van der Waals surface area contributed by atoms with Crippen LogP contribution in [-0.2, 0) is 17.1 Å². The molecule has 3 rings (SSSR count). The van der Waals surface area contributed by atoms with Gasteiger partial charge in [0.1, 0.15) is 10.6 Å². The van der Waals surface area contributed by atoms with Crippen molar-refractivity contribution in [2.24, 2.45) is 7.05 Å². The molecule has 1 aliphatic heterocycles. The monoisotopic (exact) mass is 362 g/mol. The number of piperazine rings is 1. The number of anilines is 1. The Balaban J connectivity index is 1.71. The number of para-hydroxylation sites is 1. The summed E-state index contributed by atoms with van der Waals surface area (Å²) in [4.78, 5) is 16.9. The summed E-state index contributed by atoms with van der Waals surface area (Å²) in [6.45, 7) is 2.71. The number of rotatable bonds is 4. The molecule has 0 spiro atoms. The van der Waals surface area contributed by atoms with E-state index in [1.165, 1.54) is 19.3 Å². The van der Waals surface area contributed by atoms with E-state index in [-0.39, 0.29) is 10.8 Å². The number of amides is 1. The number of sulfonamides is 1. The van der Waals surface area contributed by atoms with Crippen molar-refractivity contribution in [2.75, 3.05) is 38.1 Å². The van der Waals surface area contributed by atoms with Gasteiger partial charge in [-0.05, 0) is 25.2 Å². The van der Waals surface area contributed by atoms with Crippen molar-refractivity contribution >= 4 is 21.6 Å². The van der Waals surface area contributed by atoms with Crippen LogP contribution in [-0.4, -0.2) is 57.0 Å². The quantitative estimate of drug-likeness (QED) is 0.877. The molecular formula is C17H22N4O3S. The van der Waals surface area contributed by atoms with Gasteiger partial charge >= 0.3 is 0 Å². The van der Waals surface area contributed by atoms with E-state index >= 15 is 0 Å². The van der Waals surface area contributed by atoms with E-state index in [2.05, 4.69) is 21.8 Å². The lowest BCUT2D eigenvalue weighted by Crippen LogP contribution is -2.49. The minimum Gasteiger partial charge on any atom is -0.368 e. The van der Waals surface area contributed by atoms with Crippen LogP contribution in [0.4, 0.5) is 5.69 Å². The molecule has 7 nitrogen and oxygen atoms in total. The van der Waals surface area contributed by atoms with Crippen LogP contribution in [0.3, 0.4) is 0 Å². The van der Waals surface area contributed by atoms with Gasteiger partial charge in [0.15, 0.2) is 0 Å². The Morgan fingerprint density at radius 2 is 1.72 bits per heavy atom. The standard InChI is InChI=1S/C17H22N4O3S/c1-18-25(23,24)15-12-16(19(2)13-15)17(22)21-10-8-20(9-11-21)14-6-4-3-5-7-14/h3-7,12-13,18H,8-11H2,1-2H3. The van der Waals surface area contributed by atoms with Gasteiger partial charge in [-0.1, -0.05) is 18.2 Å². The molecule has 1 aromatic heterocycles. The Hall–Kier alpha value is -2.32. The highest BCUT2D eigenvalue weighted by atomic mass is 32.2. The maximum absolute atomic E-state index is 12.8. The Morgan fingerprint density at radius 3 is 2.32 bits per heavy atom. The van der Waals surface area contributed by atoms with E-state index in [1.807, 2.05) is 18.2 Å². The number of hydrogen-bond acceptors (Lipinski definition) is 4. The Kier molecular flexibility index (Phi) is 4.82. The molecule has 1 saturated heterocycles. The summed E-state index contributed by atoms with van der Waals surface area (Å²) in [5.41, 5.74) is 1.53. The Morgan fingerprint density at radius 1 is 1.08 bits per heavy atom. The average Bonchev–Trinajstić information content (AvgIpc) is 3.04. The molecule has 1 aliphatic rings. The third kappa shape index (κ3) is 3.54. The second-order valence-corrected chi connectivity index (χ2v) is 7.88. The molecule has 0 radical (unpaired) electrons. The lowest BCUT2D eigenvalue weighted by Gasteiger charge is -2.36. The van der Waals surface area contributed by atoms with Crippen molar-refractivity contribution in [1.82, 2.24) is 14.2 Å². The van der Waals surface area contributed by atoms with Gasteiger partial charge in [0.05, 0.1) is 0 Å². The van der Waals surface area contributed by atoms with Gasteiger partial charge in [0.25, 0.3) is 5.91 Å². The fourth-order valence-corrected chi connectivity index (χ4v) is 3.78. The fourth-order valence-electron chi connectivity index (χ4n) is 2.98. The molecular weight excluding hydrogens is 340 g/mol. The number of benzene rings is 1. The second-order valence-electron chi connectivity index (χ2n) is 5.99. The van der Waals surface area contributed by atoms with Gasteiger partial charge in [-0.2, -0.15) is 0 Å². The first-order valence-corrected chi connectivity index (χ1v) is 9.60. The van der Waals surface area contributed by atoms with Crippen LogP contribution < -0.4 is 9.62 Å². The molecule has 1 aromatic carbocycles. The fraction of sp³-hybridized carbons (Fsp3) is 0.353. The molecule has 0 saturated carbocycles. The zero-order chi connectivity index (χ0) is 18.0. The molecule has 0 bridgehead atoms. The summed E-state index contributed by atoms with van der Waals surface area (Å²) < 4.78 is 27.7. The van der Waals surface area contributed by atoms with Crippen LogP contribution in [0.1, 0.15) is 10.5 Å². The maximum Gasteiger partial charge on any atom is 0.270 e. The predicted molar refractivity (Wildman–Crippen MR) is 96.2 cm³/mol. The van der Waals surface area contributed by atoms with Gasteiger partial charge in [0.2, 0.25) is 10.0 Å². The minimum atomic E-state index is -3.56. The first-order valence-electron chi connectivity index (χ1n) is 8.11. The highest BCUT2D eigenvalue weighted by Crippen LogP contribution is 2.19. The third-order valence-corrected chi connectivity index (χ3v) is 5.85. The van der Waals surface area contributed by atoms with Gasteiger partial charge in [-0.3, -0.25) is 4.79 Å². The third-order valence-electron chi connectivity index (χ3n) is 4.47. The van der Waals surface area contributed by atoms with E-state index in [4.69, 9.17) is 0 Å². The van der Waals surface area contributed by atoms with Crippen LogP contribution in [0.5, 0.6) is 0 Å². The highest BCUT2D eigenvalue weighted by Gasteiger charge is 2.26. The topological polar surface area (TPSA) is 74.7 Å². The molecule has 0 unspecified atom stereocenters. The number of carbonyl (C=O) groups excluding carboxylic acids is 1. The van der Waals surface area contributed by atoms with Crippen molar-refractivity contribution < 1.29 is 13.2 Å². The summed E-state index contributed by atoms with van der Waals surface area (Å²) in [7, 11) is -0.522. The summed E-state index contributed by atoms with van der Waals surface area (Å²) in [5.74, 6) is -0.146. The summed E-state index contributed by atoms with van der Waals surface area (Å²) in [5, 5.41) is 0. The smallest absolute Gasteiger partial charge is 0.270 e. The molecule has 1 amide bonds. The number of nitrogens with one attached hydrogen (secondary N) is 1. The summed E-state index contributed by atoms with van der Waals surface area (Å²) in [6.07, 6.45) is 1.46. The molecule has 2 heterocycles. The maximum atomic E-state index is 12.8. The van der Waals surface area contributed by atoms with Crippen LogP contribution in [0.15, 0.2) is 47.5 Å². The molecule has 8 heteroatoms. The van der Waals surface area contributed by atoms with Crippen LogP contribution in [0.25, 0.3) is 0 Å². The number of hydrogen-bond donors (Lipinski definition) is 1. The number of carbonyl (C=O) groups is 1. The number of aryl methyl sites for hydroxylation is 1. The average molecular weight is 362 g/mol. The SMILES string of the molecule is CNS(=O)(=O)c1cc(C(=O)N2CCN(c3ccccc3)CC2)n(C)c1. The number of nitrogens with zero attached hydrogens (tertiary/aromatic N) is 3. The van der Waals surface area contributed by atoms with Crippen molar-refractivity contribution in [3.63, 3.8) is 0 Å². The van der Waals surface area contributed by atoms with Crippen molar-refractivity contribution in [3.05, 3.63) is 48.3 Å². The zero-order valence-electron chi connectivity index (χ0n) is 14.3. The Labute approximate surface area is 147 Å². The largest absolute Gasteiger partial charge is 0.368 e.